The molecule has 0 aliphatic rings. The van der Waals surface area contributed by atoms with Gasteiger partial charge in [-0.15, -0.1) is 0 Å². The van der Waals surface area contributed by atoms with Gasteiger partial charge in [0, 0.05) is 13.0 Å². The summed E-state index contributed by atoms with van der Waals surface area (Å²) in [5.41, 5.74) is 0.603. The number of nitrogens with one attached hydrogen (secondary N) is 1. The summed E-state index contributed by atoms with van der Waals surface area (Å²) in [4.78, 5) is 22.6. The highest BCUT2D eigenvalue weighted by atomic mass is 19.1. The van der Waals surface area contributed by atoms with Crippen LogP contribution in [0.15, 0.2) is 24.3 Å². The molecule has 1 aromatic rings. The number of hydrogen-bond acceptors (Lipinski definition) is 2. The molecule has 1 unspecified atom stereocenters. The van der Waals surface area contributed by atoms with E-state index in [0.717, 1.165) is 6.42 Å². The predicted molar refractivity (Wildman–Crippen MR) is 78.3 cm³/mol. The third kappa shape index (κ3) is 7.44. The topological polar surface area (TPSA) is 66.4 Å². The summed E-state index contributed by atoms with van der Waals surface area (Å²) < 4.78 is 13.0. The Hall–Kier alpha value is -1.91. The summed E-state index contributed by atoms with van der Waals surface area (Å²) in [6, 6.07) is 5.89. The van der Waals surface area contributed by atoms with Crippen molar-refractivity contribution in [1.29, 1.82) is 0 Å². The van der Waals surface area contributed by atoms with Crippen molar-refractivity contribution in [2.75, 3.05) is 6.54 Å². The summed E-state index contributed by atoms with van der Waals surface area (Å²) in [5.74, 6) is -1.17. The summed E-state index contributed by atoms with van der Waals surface area (Å²) in [6.07, 6.45) is 0.879. The molecular formula is C16H22FNO3. The molecule has 4 nitrogen and oxygen atoms in total. The molecule has 0 fully saturated rings. The second-order valence-electron chi connectivity index (χ2n) is 5.70. The number of hydrogen-bond donors (Lipinski definition) is 2. The molecule has 1 amide bonds. The standard InChI is InChI=1S/C16H22FNO3/c1-11(2)6-13(9-16(20)21)10-18-15(19)8-12-4-3-5-14(17)7-12/h3-5,7,11,13H,6,8-10H2,1-2H3,(H,18,19)(H,20,21). The largest absolute Gasteiger partial charge is 0.481 e. The van der Waals surface area contributed by atoms with Gasteiger partial charge < -0.3 is 10.4 Å². The van der Waals surface area contributed by atoms with Crippen LogP contribution in [0.2, 0.25) is 0 Å². The van der Waals surface area contributed by atoms with Gasteiger partial charge in [-0.2, -0.15) is 0 Å². The number of carbonyl (C=O) groups excluding carboxylic acids is 1. The Bertz CT molecular complexity index is 488. The lowest BCUT2D eigenvalue weighted by Crippen LogP contribution is -2.32. The quantitative estimate of drug-likeness (QED) is 0.774. The SMILES string of the molecule is CC(C)CC(CNC(=O)Cc1cccc(F)c1)CC(=O)O. The highest BCUT2D eigenvalue weighted by Crippen LogP contribution is 2.14. The molecule has 0 aromatic heterocycles. The Morgan fingerprint density at radius 1 is 1.33 bits per heavy atom. The van der Waals surface area contributed by atoms with Crippen molar-refractivity contribution in [1.82, 2.24) is 5.32 Å². The molecule has 1 aromatic carbocycles. The smallest absolute Gasteiger partial charge is 0.303 e. The first-order chi connectivity index (χ1) is 9.86. The fourth-order valence-corrected chi connectivity index (χ4v) is 2.31. The maximum atomic E-state index is 13.0. The fraction of sp³-hybridized carbons (Fsp3) is 0.500. The molecule has 2 N–H and O–H groups in total. The first-order valence-electron chi connectivity index (χ1n) is 7.09. The minimum atomic E-state index is -0.861. The van der Waals surface area contributed by atoms with E-state index in [1.54, 1.807) is 12.1 Å². The van der Waals surface area contributed by atoms with E-state index < -0.39 is 5.97 Å². The van der Waals surface area contributed by atoms with Gasteiger partial charge in [0.2, 0.25) is 5.91 Å². The number of carboxylic acid groups (broad SMARTS) is 1. The number of amides is 1. The second kappa shape index (κ2) is 8.39. The van der Waals surface area contributed by atoms with Crippen LogP contribution in [0.25, 0.3) is 0 Å². The lowest BCUT2D eigenvalue weighted by atomic mass is 9.94. The van der Waals surface area contributed by atoms with Crippen molar-refractivity contribution in [2.24, 2.45) is 11.8 Å². The zero-order chi connectivity index (χ0) is 15.8. The van der Waals surface area contributed by atoms with Crippen molar-refractivity contribution in [3.05, 3.63) is 35.6 Å². The van der Waals surface area contributed by atoms with Crippen LogP contribution < -0.4 is 5.32 Å². The van der Waals surface area contributed by atoms with Gasteiger partial charge in [0.25, 0.3) is 0 Å². The third-order valence-electron chi connectivity index (χ3n) is 3.11. The average molecular weight is 295 g/mol. The zero-order valence-corrected chi connectivity index (χ0v) is 12.4. The van der Waals surface area contributed by atoms with Gasteiger partial charge in [0.05, 0.1) is 6.42 Å². The average Bonchev–Trinajstić information content (AvgIpc) is 2.34. The molecule has 0 saturated carbocycles. The number of benzene rings is 1. The Labute approximate surface area is 124 Å². The lowest BCUT2D eigenvalue weighted by molar-refractivity contribution is -0.138. The van der Waals surface area contributed by atoms with E-state index in [9.17, 15) is 14.0 Å². The van der Waals surface area contributed by atoms with Gasteiger partial charge in [0.1, 0.15) is 5.82 Å². The van der Waals surface area contributed by atoms with Crippen molar-refractivity contribution in [3.8, 4) is 0 Å². The van der Waals surface area contributed by atoms with Crippen molar-refractivity contribution >= 4 is 11.9 Å². The van der Waals surface area contributed by atoms with Gasteiger partial charge in [0.15, 0.2) is 0 Å². The Balaban J connectivity index is 2.47. The molecule has 5 heteroatoms. The highest BCUT2D eigenvalue weighted by Gasteiger charge is 2.16. The van der Waals surface area contributed by atoms with Crippen LogP contribution in [0.3, 0.4) is 0 Å². The minimum absolute atomic E-state index is 0.0401. The number of rotatable bonds is 8. The molecule has 0 saturated heterocycles. The Morgan fingerprint density at radius 3 is 2.62 bits per heavy atom. The number of carbonyl (C=O) groups is 2. The third-order valence-corrected chi connectivity index (χ3v) is 3.11. The first kappa shape index (κ1) is 17.1. The fourth-order valence-electron chi connectivity index (χ4n) is 2.31. The molecule has 0 aliphatic carbocycles. The molecule has 0 aliphatic heterocycles. The Kier molecular flexibility index (Phi) is 6.85. The van der Waals surface area contributed by atoms with Crippen LogP contribution in [-0.4, -0.2) is 23.5 Å². The molecule has 1 rings (SSSR count). The predicted octanol–water partition coefficient (Wildman–Crippen LogP) is 2.62. The normalized spacial score (nSPS) is 12.2. The van der Waals surface area contributed by atoms with Crippen molar-refractivity contribution < 1.29 is 19.1 Å². The van der Waals surface area contributed by atoms with Crippen LogP contribution >= 0.6 is 0 Å². The Morgan fingerprint density at radius 2 is 2.05 bits per heavy atom. The molecule has 0 spiro atoms. The van der Waals surface area contributed by atoms with Crippen LogP contribution in [0.4, 0.5) is 4.39 Å². The number of carboxylic acids is 1. The molecule has 116 valence electrons. The maximum Gasteiger partial charge on any atom is 0.303 e. The van der Waals surface area contributed by atoms with Gasteiger partial charge in [-0.3, -0.25) is 9.59 Å². The van der Waals surface area contributed by atoms with Crippen LogP contribution in [-0.2, 0) is 16.0 Å². The number of aliphatic carboxylic acids is 1. The van der Waals surface area contributed by atoms with E-state index in [2.05, 4.69) is 5.32 Å². The summed E-state index contributed by atoms with van der Waals surface area (Å²) >= 11 is 0. The highest BCUT2D eigenvalue weighted by molar-refractivity contribution is 5.78. The molecule has 1 atom stereocenters. The van der Waals surface area contributed by atoms with E-state index in [4.69, 9.17) is 5.11 Å². The summed E-state index contributed by atoms with van der Waals surface area (Å²) in [7, 11) is 0. The van der Waals surface area contributed by atoms with Crippen LogP contribution in [0, 0.1) is 17.7 Å². The van der Waals surface area contributed by atoms with Crippen LogP contribution in [0.5, 0.6) is 0 Å². The van der Waals surface area contributed by atoms with E-state index in [1.165, 1.54) is 12.1 Å². The van der Waals surface area contributed by atoms with Crippen molar-refractivity contribution in [3.63, 3.8) is 0 Å². The summed E-state index contributed by atoms with van der Waals surface area (Å²) in [6.45, 7) is 4.37. The second-order valence-corrected chi connectivity index (χ2v) is 5.70. The minimum Gasteiger partial charge on any atom is -0.481 e. The number of halogens is 1. The first-order valence-corrected chi connectivity index (χ1v) is 7.09. The molecule has 0 radical (unpaired) electrons. The van der Waals surface area contributed by atoms with E-state index in [1.807, 2.05) is 13.8 Å². The van der Waals surface area contributed by atoms with Gasteiger partial charge >= 0.3 is 5.97 Å². The zero-order valence-electron chi connectivity index (χ0n) is 12.4. The monoisotopic (exact) mass is 295 g/mol. The maximum absolute atomic E-state index is 13.0. The lowest BCUT2D eigenvalue weighted by Gasteiger charge is -2.17. The molecule has 0 bridgehead atoms. The molecular weight excluding hydrogens is 273 g/mol. The van der Waals surface area contributed by atoms with E-state index in [0.29, 0.717) is 18.0 Å². The van der Waals surface area contributed by atoms with Gasteiger partial charge in [-0.05, 0) is 36.0 Å². The van der Waals surface area contributed by atoms with E-state index >= 15 is 0 Å². The van der Waals surface area contributed by atoms with Gasteiger partial charge in [-0.25, -0.2) is 4.39 Å². The molecule has 21 heavy (non-hydrogen) atoms. The molecule has 0 heterocycles. The van der Waals surface area contributed by atoms with Gasteiger partial charge in [-0.1, -0.05) is 26.0 Å². The van der Waals surface area contributed by atoms with Crippen molar-refractivity contribution in [2.45, 2.75) is 33.1 Å². The van der Waals surface area contributed by atoms with Crippen LogP contribution in [0.1, 0.15) is 32.3 Å². The summed E-state index contributed by atoms with van der Waals surface area (Å²) in [5, 5.41) is 11.6. The van der Waals surface area contributed by atoms with E-state index in [-0.39, 0.29) is 30.5 Å².